The first-order valence-corrected chi connectivity index (χ1v) is 5.49. The molecule has 0 aliphatic carbocycles. The summed E-state index contributed by atoms with van der Waals surface area (Å²) < 4.78 is 4.90. The van der Waals surface area contributed by atoms with Crippen molar-refractivity contribution in [2.45, 2.75) is 20.4 Å². The van der Waals surface area contributed by atoms with E-state index in [2.05, 4.69) is 15.5 Å². The Morgan fingerprint density at radius 2 is 2.22 bits per heavy atom. The van der Waals surface area contributed by atoms with Gasteiger partial charge in [0.15, 0.2) is 0 Å². The molecule has 0 unspecified atom stereocenters. The largest absolute Gasteiger partial charge is 0.398 e. The molecule has 0 aliphatic heterocycles. The van der Waals surface area contributed by atoms with Crippen molar-refractivity contribution in [2.24, 2.45) is 0 Å². The van der Waals surface area contributed by atoms with Crippen molar-refractivity contribution in [3.63, 3.8) is 0 Å². The van der Waals surface area contributed by atoms with Crippen LogP contribution in [0.25, 0.3) is 0 Å². The lowest BCUT2D eigenvalue weighted by molar-refractivity contribution is 0.0950. The smallest absolute Gasteiger partial charge is 0.255 e. The van der Waals surface area contributed by atoms with Gasteiger partial charge in [0.1, 0.15) is 11.5 Å². The summed E-state index contributed by atoms with van der Waals surface area (Å²) in [5.41, 5.74) is 7.98. The molecule has 94 valence electrons. The van der Waals surface area contributed by atoms with Crippen molar-refractivity contribution in [2.75, 3.05) is 5.73 Å². The highest BCUT2D eigenvalue weighted by molar-refractivity contribution is 5.98. The summed E-state index contributed by atoms with van der Waals surface area (Å²) in [6.07, 6.45) is 1.47. The Hall–Kier alpha value is -2.37. The van der Waals surface area contributed by atoms with E-state index in [1.54, 1.807) is 19.1 Å². The number of nitrogens with two attached hydrogens (primary N) is 1. The number of hydrogen-bond donors (Lipinski definition) is 2. The lowest BCUT2D eigenvalue weighted by Gasteiger charge is -2.06. The Morgan fingerprint density at radius 3 is 2.83 bits per heavy atom. The maximum absolute atomic E-state index is 11.9. The molecule has 0 saturated heterocycles. The zero-order valence-corrected chi connectivity index (χ0v) is 10.2. The van der Waals surface area contributed by atoms with Gasteiger partial charge < -0.3 is 15.6 Å². The van der Waals surface area contributed by atoms with Gasteiger partial charge in [-0.2, -0.15) is 0 Å². The van der Waals surface area contributed by atoms with Crippen LogP contribution in [0, 0.1) is 13.8 Å². The summed E-state index contributed by atoms with van der Waals surface area (Å²) in [6, 6.07) is 3.42. The van der Waals surface area contributed by atoms with E-state index in [-0.39, 0.29) is 5.91 Å². The lowest BCUT2D eigenvalue weighted by Crippen LogP contribution is -2.24. The zero-order chi connectivity index (χ0) is 13.1. The molecule has 2 heterocycles. The van der Waals surface area contributed by atoms with Gasteiger partial charge in [-0.25, -0.2) is 0 Å². The highest BCUT2D eigenvalue weighted by atomic mass is 16.5. The normalized spacial score (nSPS) is 10.3. The summed E-state index contributed by atoms with van der Waals surface area (Å²) in [4.78, 5) is 15.9. The van der Waals surface area contributed by atoms with Crippen LogP contribution in [0.2, 0.25) is 0 Å². The molecule has 0 radical (unpaired) electrons. The fraction of sp³-hybridized carbons (Fsp3) is 0.250. The average molecular weight is 246 g/mol. The molecule has 2 aromatic heterocycles. The van der Waals surface area contributed by atoms with Crippen molar-refractivity contribution in [1.82, 2.24) is 15.5 Å². The Bertz CT molecular complexity index is 577. The number of carbonyl (C=O) groups is 1. The third-order valence-electron chi connectivity index (χ3n) is 2.42. The molecule has 3 N–H and O–H groups in total. The zero-order valence-electron chi connectivity index (χ0n) is 10.2. The van der Waals surface area contributed by atoms with Crippen LogP contribution in [0.4, 0.5) is 5.69 Å². The average Bonchev–Trinajstić information content (AvgIpc) is 2.72. The molecular formula is C12H14N4O2. The number of pyridine rings is 1. The number of carbonyl (C=O) groups excluding carboxylic acids is 1. The minimum Gasteiger partial charge on any atom is -0.398 e. The molecular weight excluding hydrogens is 232 g/mol. The van der Waals surface area contributed by atoms with Crippen LogP contribution < -0.4 is 11.1 Å². The summed E-state index contributed by atoms with van der Waals surface area (Å²) in [5.74, 6) is 0.427. The second-order valence-corrected chi connectivity index (χ2v) is 4.02. The van der Waals surface area contributed by atoms with Gasteiger partial charge in [0.25, 0.3) is 5.91 Å². The fourth-order valence-corrected chi connectivity index (χ4v) is 1.54. The van der Waals surface area contributed by atoms with Gasteiger partial charge >= 0.3 is 0 Å². The van der Waals surface area contributed by atoms with E-state index < -0.39 is 0 Å². The Labute approximate surface area is 104 Å². The number of nitrogens with one attached hydrogen (secondary N) is 1. The van der Waals surface area contributed by atoms with Crippen LogP contribution in [0.1, 0.15) is 27.5 Å². The number of rotatable bonds is 3. The van der Waals surface area contributed by atoms with Gasteiger partial charge in [0, 0.05) is 23.6 Å². The Morgan fingerprint density at radius 1 is 1.44 bits per heavy atom. The van der Waals surface area contributed by atoms with E-state index in [1.165, 1.54) is 6.20 Å². The van der Waals surface area contributed by atoms with Gasteiger partial charge in [0.05, 0.1) is 12.1 Å². The first-order valence-electron chi connectivity index (χ1n) is 5.49. The molecule has 0 aliphatic rings. The number of anilines is 1. The molecule has 18 heavy (non-hydrogen) atoms. The molecule has 0 atom stereocenters. The molecule has 0 fully saturated rings. The number of aromatic nitrogens is 2. The number of amides is 1. The molecule has 1 amide bonds. The van der Waals surface area contributed by atoms with E-state index in [0.29, 0.717) is 29.2 Å². The highest BCUT2D eigenvalue weighted by Gasteiger charge is 2.11. The molecule has 0 spiro atoms. The summed E-state index contributed by atoms with van der Waals surface area (Å²) in [5, 5.41) is 6.49. The van der Waals surface area contributed by atoms with E-state index in [0.717, 1.165) is 5.69 Å². The van der Waals surface area contributed by atoms with Gasteiger partial charge in [-0.05, 0) is 19.9 Å². The SMILES string of the molecule is Cc1cc(N)c(C(=O)NCc2cc(C)on2)cn1. The van der Waals surface area contributed by atoms with Crippen LogP contribution >= 0.6 is 0 Å². The Kier molecular flexibility index (Phi) is 3.27. The second kappa shape index (κ2) is 4.87. The van der Waals surface area contributed by atoms with Crippen molar-refractivity contribution >= 4 is 11.6 Å². The molecule has 2 aromatic rings. The lowest BCUT2D eigenvalue weighted by atomic mass is 10.2. The van der Waals surface area contributed by atoms with E-state index >= 15 is 0 Å². The predicted octanol–water partition coefficient (Wildman–Crippen LogP) is 1.20. The standard InChI is InChI=1S/C12H14N4O2/c1-7-3-11(13)10(6-14-7)12(17)15-5-9-4-8(2)18-16-9/h3-4,6H,5H2,1-2H3,(H2,13,14)(H,15,17). The number of aryl methyl sites for hydroxylation is 2. The molecule has 0 aromatic carbocycles. The molecule has 2 rings (SSSR count). The third kappa shape index (κ3) is 2.65. The highest BCUT2D eigenvalue weighted by Crippen LogP contribution is 2.11. The second-order valence-electron chi connectivity index (χ2n) is 4.02. The summed E-state index contributed by atoms with van der Waals surface area (Å²) in [7, 11) is 0. The number of hydrogen-bond acceptors (Lipinski definition) is 5. The summed E-state index contributed by atoms with van der Waals surface area (Å²) >= 11 is 0. The minimum atomic E-state index is -0.277. The quantitative estimate of drug-likeness (QED) is 0.848. The van der Waals surface area contributed by atoms with Crippen LogP contribution in [0.15, 0.2) is 22.9 Å². The third-order valence-corrected chi connectivity index (χ3v) is 2.42. The van der Waals surface area contributed by atoms with Crippen LogP contribution in [0.5, 0.6) is 0 Å². The fourth-order valence-electron chi connectivity index (χ4n) is 1.54. The van der Waals surface area contributed by atoms with Gasteiger partial charge in [-0.1, -0.05) is 5.16 Å². The minimum absolute atomic E-state index is 0.277. The van der Waals surface area contributed by atoms with Crippen molar-refractivity contribution in [1.29, 1.82) is 0 Å². The summed E-state index contributed by atoms with van der Waals surface area (Å²) in [6.45, 7) is 3.90. The monoisotopic (exact) mass is 246 g/mol. The molecule has 6 nitrogen and oxygen atoms in total. The first kappa shape index (κ1) is 12.1. The molecule has 0 bridgehead atoms. The predicted molar refractivity (Wildman–Crippen MR) is 65.8 cm³/mol. The van der Waals surface area contributed by atoms with Gasteiger partial charge in [0.2, 0.25) is 0 Å². The van der Waals surface area contributed by atoms with Crippen molar-refractivity contribution in [3.05, 3.63) is 41.0 Å². The maximum atomic E-state index is 11.9. The number of nitrogens with zero attached hydrogens (tertiary/aromatic N) is 2. The van der Waals surface area contributed by atoms with Crippen LogP contribution in [-0.2, 0) is 6.54 Å². The van der Waals surface area contributed by atoms with Crippen LogP contribution in [0.3, 0.4) is 0 Å². The Balaban J connectivity index is 2.03. The molecule has 0 saturated carbocycles. The number of nitrogen functional groups attached to an aromatic ring is 1. The molecule has 6 heteroatoms. The topological polar surface area (TPSA) is 94.0 Å². The van der Waals surface area contributed by atoms with Gasteiger partial charge in [-0.15, -0.1) is 0 Å². The van der Waals surface area contributed by atoms with E-state index in [9.17, 15) is 4.79 Å². The van der Waals surface area contributed by atoms with Crippen molar-refractivity contribution < 1.29 is 9.32 Å². The van der Waals surface area contributed by atoms with Gasteiger partial charge in [-0.3, -0.25) is 9.78 Å². The van der Waals surface area contributed by atoms with Crippen molar-refractivity contribution in [3.8, 4) is 0 Å². The maximum Gasteiger partial charge on any atom is 0.255 e. The van der Waals surface area contributed by atoms with Crippen LogP contribution in [-0.4, -0.2) is 16.0 Å². The first-order chi connectivity index (χ1) is 8.56. The van der Waals surface area contributed by atoms with E-state index in [1.807, 2.05) is 6.92 Å². The van der Waals surface area contributed by atoms with E-state index in [4.69, 9.17) is 10.3 Å².